The summed E-state index contributed by atoms with van der Waals surface area (Å²) in [6.45, 7) is 5.11. The molecule has 1 aromatic rings. The van der Waals surface area contributed by atoms with Gasteiger partial charge in [-0.05, 0) is 6.92 Å². The third-order valence-corrected chi connectivity index (χ3v) is 2.49. The average molecular weight is 314 g/mol. The topological polar surface area (TPSA) is 48.4 Å². The molecular weight excluding hydrogens is 299 g/mol. The lowest BCUT2D eigenvalue weighted by Crippen LogP contribution is -2.15. The van der Waals surface area contributed by atoms with Gasteiger partial charge >= 0.3 is 12.1 Å². The second-order valence-electron chi connectivity index (χ2n) is 3.26. The van der Waals surface area contributed by atoms with Crippen LogP contribution >= 0.6 is 11.6 Å². The van der Waals surface area contributed by atoms with Crippen LogP contribution in [0.4, 0.5) is 13.2 Å². The summed E-state index contributed by atoms with van der Waals surface area (Å²) in [7, 11) is 2.09. The van der Waals surface area contributed by atoms with Gasteiger partial charge in [-0.3, -0.25) is 0 Å². The molecule has 0 radical (unpaired) electrons. The van der Waals surface area contributed by atoms with Crippen LogP contribution in [0.25, 0.3) is 0 Å². The van der Waals surface area contributed by atoms with Crippen molar-refractivity contribution < 1.29 is 27.4 Å². The predicted molar refractivity (Wildman–Crippen MR) is 68.2 cm³/mol. The Kier molecular flexibility index (Phi) is 6.78. The van der Waals surface area contributed by atoms with Crippen molar-refractivity contribution in [1.82, 2.24) is 4.98 Å². The Hall–Kier alpha value is -1.50. The van der Waals surface area contributed by atoms with Crippen LogP contribution in [-0.2, 0) is 10.9 Å². The smallest absolute Gasteiger partial charge is 0.421 e. The van der Waals surface area contributed by atoms with Gasteiger partial charge in [0.05, 0.1) is 19.9 Å². The molecule has 0 saturated heterocycles. The van der Waals surface area contributed by atoms with E-state index in [0.29, 0.717) is 0 Å². The first-order valence-corrected chi connectivity index (χ1v) is 6.01. The van der Waals surface area contributed by atoms with Gasteiger partial charge in [0.1, 0.15) is 10.6 Å². The van der Waals surface area contributed by atoms with Crippen molar-refractivity contribution in [2.75, 3.05) is 14.2 Å². The fraction of sp³-hybridized carbons (Fsp3) is 0.500. The van der Waals surface area contributed by atoms with Crippen LogP contribution in [0.3, 0.4) is 0 Å². The molecule has 20 heavy (non-hydrogen) atoms. The lowest BCUT2D eigenvalue weighted by atomic mass is 10.1. The molecule has 0 amide bonds. The standard InChI is InChI=1S/C10H9ClF3NO3.C2H6/c1-4-5(10(12,13)14)8(17-2)6(11)7(15-4)9(16)18-3;1-2/h1-3H3;1-2H3. The second kappa shape index (κ2) is 7.33. The Labute approximate surface area is 119 Å². The maximum absolute atomic E-state index is 12.8. The number of esters is 1. The molecule has 0 aliphatic rings. The molecule has 0 aromatic carbocycles. The molecule has 0 saturated carbocycles. The monoisotopic (exact) mass is 313 g/mol. The number of hydrogen-bond acceptors (Lipinski definition) is 4. The average Bonchev–Trinajstić information content (AvgIpc) is 2.40. The van der Waals surface area contributed by atoms with Crippen molar-refractivity contribution in [3.63, 3.8) is 0 Å². The maximum Gasteiger partial charge on any atom is 0.421 e. The minimum absolute atomic E-state index is 0.413. The van der Waals surface area contributed by atoms with Crippen molar-refractivity contribution in [2.24, 2.45) is 0 Å². The molecule has 0 atom stereocenters. The first kappa shape index (κ1) is 18.5. The highest BCUT2D eigenvalue weighted by atomic mass is 35.5. The molecule has 0 fully saturated rings. The summed E-state index contributed by atoms with van der Waals surface area (Å²) in [5.41, 5.74) is -1.94. The van der Waals surface area contributed by atoms with Crippen LogP contribution in [0.15, 0.2) is 0 Å². The minimum Gasteiger partial charge on any atom is -0.494 e. The van der Waals surface area contributed by atoms with Crippen LogP contribution < -0.4 is 4.74 Å². The van der Waals surface area contributed by atoms with Gasteiger partial charge in [-0.15, -0.1) is 0 Å². The minimum atomic E-state index is -4.68. The van der Waals surface area contributed by atoms with Gasteiger partial charge in [0.2, 0.25) is 0 Å². The Balaban J connectivity index is 0.00000172. The summed E-state index contributed by atoms with van der Waals surface area (Å²) < 4.78 is 47.4. The maximum atomic E-state index is 12.8. The highest BCUT2D eigenvalue weighted by molar-refractivity contribution is 6.34. The van der Waals surface area contributed by atoms with Gasteiger partial charge in [0.15, 0.2) is 11.4 Å². The number of aryl methyl sites for hydroxylation is 1. The van der Waals surface area contributed by atoms with E-state index in [9.17, 15) is 18.0 Å². The fourth-order valence-electron chi connectivity index (χ4n) is 1.41. The summed E-state index contributed by atoms with van der Waals surface area (Å²) in [6.07, 6.45) is -4.68. The van der Waals surface area contributed by atoms with Gasteiger partial charge in [0, 0.05) is 0 Å². The fourth-order valence-corrected chi connectivity index (χ4v) is 1.70. The normalized spacial score (nSPS) is 10.4. The summed E-state index contributed by atoms with van der Waals surface area (Å²) in [5.74, 6) is -1.58. The number of aromatic nitrogens is 1. The quantitative estimate of drug-likeness (QED) is 0.777. The molecule has 0 spiro atoms. The molecule has 0 aliphatic heterocycles. The highest BCUT2D eigenvalue weighted by Crippen LogP contribution is 2.42. The van der Waals surface area contributed by atoms with Crippen LogP contribution in [-0.4, -0.2) is 25.2 Å². The van der Waals surface area contributed by atoms with E-state index in [1.807, 2.05) is 13.8 Å². The number of nitrogens with zero attached hydrogens (tertiary/aromatic N) is 1. The van der Waals surface area contributed by atoms with Gasteiger partial charge in [-0.1, -0.05) is 25.4 Å². The third-order valence-electron chi connectivity index (χ3n) is 2.14. The predicted octanol–water partition coefficient (Wildman–Crippen LogP) is 3.88. The van der Waals surface area contributed by atoms with E-state index < -0.39 is 39.9 Å². The molecule has 1 heterocycles. The lowest BCUT2D eigenvalue weighted by molar-refractivity contribution is -0.139. The van der Waals surface area contributed by atoms with Crippen LogP contribution in [0.1, 0.15) is 35.6 Å². The number of rotatable bonds is 2. The van der Waals surface area contributed by atoms with Gasteiger partial charge in [-0.2, -0.15) is 13.2 Å². The molecule has 8 heteroatoms. The van der Waals surface area contributed by atoms with Crippen molar-refractivity contribution in [1.29, 1.82) is 0 Å². The number of halogens is 4. The SMILES string of the molecule is CC.COC(=O)c1nc(C)c(C(F)(F)F)c(OC)c1Cl. The summed E-state index contributed by atoms with van der Waals surface area (Å²) in [6, 6.07) is 0. The Morgan fingerprint density at radius 3 is 2.10 bits per heavy atom. The summed E-state index contributed by atoms with van der Waals surface area (Å²) >= 11 is 5.68. The van der Waals surface area contributed by atoms with Gasteiger partial charge in [0.25, 0.3) is 0 Å². The van der Waals surface area contributed by atoms with Crippen LogP contribution in [0.5, 0.6) is 5.75 Å². The largest absolute Gasteiger partial charge is 0.494 e. The first-order chi connectivity index (χ1) is 9.23. The zero-order valence-electron chi connectivity index (χ0n) is 11.7. The molecule has 114 valence electrons. The molecular formula is C12H15ClF3NO3. The van der Waals surface area contributed by atoms with E-state index in [4.69, 9.17) is 11.6 Å². The number of hydrogen-bond donors (Lipinski definition) is 0. The number of pyridine rings is 1. The molecule has 4 nitrogen and oxygen atoms in total. The summed E-state index contributed by atoms with van der Waals surface area (Å²) in [4.78, 5) is 14.8. The van der Waals surface area contributed by atoms with E-state index in [0.717, 1.165) is 21.1 Å². The van der Waals surface area contributed by atoms with Crippen LogP contribution in [0.2, 0.25) is 5.02 Å². The van der Waals surface area contributed by atoms with Crippen LogP contribution in [0, 0.1) is 6.92 Å². The van der Waals surface area contributed by atoms with E-state index >= 15 is 0 Å². The van der Waals surface area contributed by atoms with Crippen molar-refractivity contribution >= 4 is 17.6 Å². The van der Waals surface area contributed by atoms with E-state index in [2.05, 4.69) is 14.5 Å². The highest BCUT2D eigenvalue weighted by Gasteiger charge is 2.39. The number of carbonyl (C=O) groups excluding carboxylic acids is 1. The number of methoxy groups -OCH3 is 2. The van der Waals surface area contributed by atoms with E-state index in [1.165, 1.54) is 0 Å². The van der Waals surface area contributed by atoms with Gasteiger partial charge in [-0.25, -0.2) is 9.78 Å². The Morgan fingerprint density at radius 2 is 1.75 bits per heavy atom. The lowest BCUT2D eigenvalue weighted by Gasteiger charge is -2.16. The van der Waals surface area contributed by atoms with E-state index in [1.54, 1.807) is 0 Å². The van der Waals surface area contributed by atoms with Crippen molar-refractivity contribution in [3.05, 3.63) is 22.0 Å². The molecule has 1 aromatic heterocycles. The molecule has 0 N–H and O–H groups in total. The second-order valence-corrected chi connectivity index (χ2v) is 3.64. The van der Waals surface area contributed by atoms with Crippen molar-refractivity contribution in [3.8, 4) is 5.75 Å². The zero-order chi connectivity index (χ0) is 16.1. The number of alkyl halides is 3. The molecule has 0 bridgehead atoms. The first-order valence-electron chi connectivity index (χ1n) is 5.63. The Bertz CT molecular complexity index is 490. The van der Waals surface area contributed by atoms with Crippen molar-refractivity contribution in [2.45, 2.75) is 26.9 Å². The molecule has 0 unspecified atom stereocenters. The zero-order valence-corrected chi connectivity index (χ0v) is 12.4. The third kappa shape index (κ3) is 3.75. The number of ether oxygens (including phenoxy) is 2. The van der Waals surface area contributed by atoms with E-state index in [-0.39, 0.29) is 0 Å². The Morgan fingerprint density at radius 1 is 1.25 bits per heavy atom. The molecule has 0 aliphatic carbocycles. The summed E-state index contributed by atoms with van der Waals surface area (Å²) in [5, 5.41) is -0.526. The molecule has 1 rings (SSSR count). The number of carbonyl (C=O) groups is 1. The van der Waals surface area contributed by atoms with Gasteiger partial charge < -0.3 is 9.47 Å².